The first kappa shape index (κ1) is 11.7. The molecule has 2 nitrogen and oxygen atoms in total. The van der Waals surface area contributed by atoms with Gasteiger partial charge in [0.2, 0.25) is 0 Å². The second kappa shape index (κ2) is 3.79. The molecule has 0 saturated heterocycles. The summed E-state index contributed by atoms with van der Waals surface area (Å²) in [7, 11) is 0. The predicted octanol–water partition coefficient (Wildman–Crippen LogP) is 3.39. The van der Waals surface area contributed by atoms with Crippen LogP contribution in [0.5, 0.6) is 0 Å². The SMILES string of the molecule is CC1(C)CCCCC1(N)c1nc2c(s1)CCC2. The molecule has 2 aliphatic carbocycles. The zero-order valence-corrected chi connectivity index (χ0v) is 11.7. The zero-order valence-electron chi connectivity index (χ0n) is 10.9. The number of fused-ring (bicyclic) bond motifs is 1. The number of hydrogen-bond donors (Lipinski definition) is 1. The Hall–Kier alpha value is -0.410. The summed E-state index contributed by atoms with van der Waals surface area (Å²) in [5.74, 6) is 0. The number of nitrogens with two attached hydrogens (primary N) is 1. The van der Waals surface area contributed by atoms with Crippen LogP contribution < -0.4 is 5.73 Å². The summed E-state index contributed by atoms with van der Waals surface area (Å²) in [5, 5.41) is 1.21. The lowest BCUT2D eigenvalue weighted by Gasteiger charge is -2.46. The largest absolute Gasteiger partial charge is 0.319 e. The standard InChI is InChI=1S/C14H22N2S/c1-13(2)8-3-4-9-14(13,15)12-16-10-6-5-7-11(10)17-12/h3-9,15H2,1-2H3. The molecule has 0 aliphatic heterocycles. The van der Waals surface area contributed by atoms with Crippen LogP contribution in [0.15, 0.2) is 0 Å². The molecule has 1 aromatic rings. The van der Waals surface area contributed by atoms with Crippen LogP contribution in [0, 0.1) is 5.41 Å². The average Bonchev–Trinajstić information content (AvgIpc) is 2.82. The van der Waals surface area contributed by atoms with Crippen molar-refractivity contribution in [2.75, 3.05) is 0 Å². The molecule has 2 aliphatic rings. The fraction of sp³-hybridized carbons (Fsp3) is 0.786. The van der Waals surface area contributed by atoms with Crippen LogP contribution in [0.25, 0.3) is 0 Å². The van der Waals surface area contributed by atoms with E-state index in [0.717, 1.165) is 6.42 Å². The summed E-state index contributed by atoms with van der Waals surface area (Å²) in [6, 6.07) is 0. The van der Waals surface area contributed by atoms with Crippen molar-refractivity contribution in [3.8, 4) is 0 Å². The van der Waals surface area contributed by atoms with Crippen LogP contribution in [-0.2, 0) is 18.4 Å². The summed E-state index contributed by atoms with van der Waals surface area (Å²) in [4.78, 5) is 6.38. The van der Waals surface area contributed by atoms with E-state index in [2.05, 4.69) is 13.8 Å². The molecule has 1 heterocycles. The fourth-order valence-corrected chi connectivity index (χ4v) is 4.77. The molecule has 3 heteroatoms. The van der Waals surface area contributed by atoms with Crippen LogP contribution >= 0.6 is 11.3 Å². The van der Waals surface area contributed by atoms with Gasteiger partial charge in [-0.3, -0.25) is 0 Å². The molecule has 0 aromatic carbocycles. The summed E-state index contributed by atoms with van der Waals surface area (Å²) < 4.78 is 0. The van der Waals surface area contributed by atoms with Crippen molar-refractivity contribution >= 4 is 11.3 Å². The number of aryl methyl sites for hydroxylation is 2. The van der Waals surface area contributed by atoms with Gasteiger partial charge in [0.15, 0.2) is 0 Å². The van der Waals surface area contributed by atoms with Gasteiger partial charge in [0.1, 0.15) is 5.01 Å². The first-order valence-corrected chi connectivity index (χ1v) is 7.62. The zero-order chi connectivity index (χ0) is 12.1. The van der Waals surface area contributed by atoms with Gasteiger partial charge in [-0.25, -0.2) is 4.98 Å². The second-order valence-electron chi connectivity index (χ2n) is 6.30. The Kier molecular flexibility index (Phi) is 2.60. The van der Waals surface area contributed by atoms with E-state index in [1.54, 1.807) is 0 Å². The maximum Gasteiger partial charge on any atom is 0.114 e. The van der Waals surface area contributed by atoms with Crippen LogP contribution in [0.4, 0.5) is 0 Å². The molecule has 17 heavy (non-hydrogen) atoms. The molecule has 0 spiro atoms. The van der Waals surface area contributed by atoms with Gasteiger partial charge < -0.3 is 5.73 Å². The van der Waals surface area contributed by atoms with Gasteiger partial charge in [-0.2, -0.15) is 0 Å². The smallest absolute Gasteiger partial charge is 0.114 e. The highest BCUT2D eigenvalue weighted by Gasteiger charge is 2.47. The van der Waals surface area contributed by atoms with Crippen molar-refractivity contribution in [3.63, 3.8) is 0 Å². The van der Waals surface area contributed by atoms with Crippen molar-refractivity contribution < 1.29 is 0 Å². The summed E-state index contributed by atoms with van der Waals surface area (Å²) in [5.41, 5.74) is 8.12. The highest BCUT2D eigenvalue weighted by atomic mass is 32.1. The molecular formula is C14H22N2S. The molecule has 1 saturated carbocycles. The number of aromatic nitrogens is 1. The second-order valence-corrected chi connectivity index (χ2v) is 7.39. The Morgan fingerprint density at radius 2 is 1.88 bits per heavy atom. The van der Waals surface area contributed by atoms with Crippen molar-refractivity contribution in [2.45, 2.75) is 64.3 Å². The molecular weight excluding hydrogens is 228 g/mol. The van der Waals surface area contributed by atoms with Crippen molar-refractivity contribution in [2.24, 2.45) is 11.1 Å². The maximum atomic E-state index is 6.77. The summed E-state index contributed by atoms with van der Waals surface area (Å²) >= 11 is 1.89. The van der Waals surface area contributed by atoms with Gasteiger partial charge >= 0.3 is 0 Å². The van der Waals surface area contributed by atoms with Crippen molar-refractivity contribution in [1.29, 1.82) is 0 Å². The van der Waals surface area contributed by atoms with E-state index in [9.17, 15) is 0 Å². The third kappa shape index (κ3) is 1.66. The van der Waals surface area contributed by atoms with E-state index in [-0.39, 0.29) is 11.0 Å². The Bertz CT molecular complexity index is 414. The first-order valence-electron chi connectivity index (χ1n) is 6.81. The number of hydrogen-bond acceptors (Lipinski definition) is 3. The normalized spacial score (nSPS) is 31.5. The van der Waals surface area contributed by atoms with Gasteiger partial charge in [0.05, 0.1) is 11.2 Å². The minimum Gasteiger partial charge on any atom is -0.319 e. The minimum atomic E-state index is -0.180. The lowest BCUT2D eigenvalue weighted by Crippen LogP contribution is -2.51. The van der Waals surface area contributed by atoms with Crippen LogP contribution in [0.1, 0.15) is 61.5 Å². The molecule has 0 bridgehead atoms. The lowest BCUT2D eigenvalue weighted by atomic mass is 9.64. The molecule has 0 radical (unpaired) electrons. The third-order valence-corrected chi connectivity index (χ3v) is 6.14. The van der Waals surface area contributed by atoms with E-state index in [1.165, 1.54) is 54.1 Å². The van der Waals surface area contributed by atoms with E-state index in [4.69, 9.17) is 10.7 Å². The maximum absolute atomic E-state index is 6.77. The van der Waals surface area contributed by atoms with Gasteiger partial charge in [-0.15, -0.1) is 11.3 Å². The minimum absolute atomic E-state index is 0.180. The van der Waals surface area contributed by atoms with Gasteiger partial charge in [-0.05, 0) is 37.5 Å². The summed E-state index contributed by atoms with van der Waals surface area (Å²) in [6.07, 6.45) is 8.59. The highest BCUT2D eigenvalue weighted by molar-refractivity contribution is 7.12. The summed E-state index contributed by atoms with van der Waals surface area (Å²) in [6.45, 7) is 4.64. The van der Waals surface area contributed by atoms with E-state index in [0.29, 0.717) is 0 Å². The monoisotopic (exact) mass is 250 g/mol. The van der Waals surface area contributed by atoms with Crippen LogP contribution in [0.2, 0.25) is 0 Å². The van der Waals surface area contributed by atoms with Crippen LogP contribution in [0.3, 0.4) is 0 Å². The molecule has 1 aromatic heterocycles. The highest BCUT2D eigenvalue weighted by Crippen LogP contribution is 2.50. The van der Waals surface area contributed by atoms with Gasteiger partial charge in [-0.1, -0.05) is 26.7 Å². The molecule has 0 amide bonds. The Morgan fingerprint density at radius 3 is 2.59 bits per heavy atom. The van der Waals surface area contributed by atoms with Crippen molar-refractivity contribution in [3.05, 3.63) is 15.6 Å². The number of rotatable bonds is 1. The number of thiazole rings is 1. The Morgan fingerprint density at radius 1 is 1.12 bits per heavy atom. The quantitative estimate of drug-likeness (QED) is 0.830. The average molecular weight is 250 g/mol. The van der Waals surface area contributed by atoms with Gasteiger partial charge in [0.25, 0.3) is 0 Å². The Balaban J connectivity index is 2.00. The van der Waals surface area contributed by atoms with E-state index in [1.807, 2.05) is 11.3 Å². The molecule has 3 rings (SSSR count). The molecule has 2 N–H and O–H groups in total. The number of nitrogens with zero attached hydrogens (tertiary/aromatic N) is 1. The van der Waals surface area contributed by atoms with Gasteiger partial charge in [0, 0.05) is 4.88 Å². The van der Waals surface area contributed by atoms with Crippen LogP contribution in [-0.4, -0.2) is 4.98 Å². The predicted molar refractivity (Wildman–Crippen MR) is 72.3 cm³/mol. The lowest BCUT2D eigenvalue weighted by molar-refractivity contribution is 0.0974. The fourth-order valence-electron chi connectivity index (χ4n) is 3.31. The topological polar surface area (TPSA) is 38.9 Å². The first-order chi connectivity index (χ1) is 8.03. The third-order valence-electron chi connectivity index (χ3n) is 4.81. The molecule has 1 fully saturated rings. The Labute approximate surface area is 108 Å². The molecule has 94 valence electrons. The van der Waals surface area contributed by atoms with Crippen molar-refractivity contribution in [1.82, 2.24) is 4.98 Å². The molecule has 1 atom stereocenters. The van der Waals surface area contributed by atoms with E-state index >= 15 is 0 Å². The molecule has 1 unspecified atom stereocenters. The van der Waals surface area contributed by atoms with E-state index < -0.39 is 0 Å².